The van der Waals surface area contributed by atoms with Gasteiger partial charge in [0.25, 0.3) is 0 Å². The van der Waals surface area contributed by atoms with Crippen LogP contribution in [0.5, 0.6) is 5.75 Å². The number of ether oxygens (including phenoxy) is 1. The van der Waals surface area contributed by atoms with Crippen LogP contribution in [0, 0.1) is 17.3 Å². The van der Waals surface area contributed by atoms with E-state index < -0.39 is 35.8 Å². The van der Waals surface area contributed by atoms with Gasteiger partial charge in [-0.2, -0.15) is 0 Å². The van der Waals surface area contributed by atoms with Gasteiger partial charge in [-0.15, -0.1) is 0 Å². The largest absolute Gasteiger partial charge is 0.482 e. The summed E-state index contributed by atoms with van der Waals surface area (Å²) in [5, 5.41) is 20.3. The van der Waals surface area contributed by atoms with Gasteiger partial charge in [0.2, 0.25) is 5.91 Å². The fraction of sp³-hybridized carbons (Fsp3) is 0.400. The molecule has 3 N–H and O–H groups in total. The third kappa shape index (κ3) is 3.19. The number of benzene rings is 1. The van der Waals surface area contributed by atoms with Crippen LogP contribution >= 0.6 is 0 Å². The minimum atomic E-state index is -1.10. The highest BCUT2D eigenvalue weighted by Gasteiger charge is 2.65. The molecular weight excluding hydrogens is 290 g/mol. The molecule has 1 aliphatic carbocycles. The lowest BCUT2D eigenvalue weighted by atomic mass is 10.1. The molecule has 1 aliphatic rings. The Labute approximate surface area is 126 Å². The molecule has 1 aromatic rings. The van der Waals surface area contributed by atoms with Gasteiger partial charge in [0.15, 0.2) is 6.61 Å². The predicted octanol–water partition coefficient (Wildman–Crippen LogP) is 1.45. The Morgan fingerprint density at radius 3 is 2.45 bits per heavy atom. The summed E-state index contributed by atoms with van der Waals surface area (Å²) in [5.74, 6) is -3.42. The summed E-state index contributed by atoms with van der Waals surface area (Å²) in [4.78, 5) is 33.7. The molecule has 1 aromatic carbocycles. The molecule has 22 heavy (non-hydrogen) atoms. The van der Waals surface area contributed by atoms with Gasteiger partial charge in [-0.25, -0.2) is 4.79 Å². The Morgan fingerprint density at radius 2 is 1.91 bits per heavy atom. The Bertz CT molecular complexity index is 624. The molecule has 2 rings (SSSR count). The number of carbonyl (C=O) groups excluding carboxylic acids is 1. The van der Waals surface area contributed by atoms with Crippen molar-refractivity contribution in [2.45, 2.75) is 13.8 Å². The van der Waals surface area contributed by atoms with Crippen molar-refractivity contribution >= 4 is 23.5 Å². The van der Waals surface area contributed by atoms with E-state index in [1.165, 1.54) is 6.07 Å². The molecule has 0 unspecified atom stereocenters. The maximum absolute atomic E-state index is 12.2. The van der Waals surface area contributed by atoms with Crippen LogP contribution in [0.2, 0.25) is 0 Å². The zero-order chi connectivity index (χ0) is 16.5. The maximum Gasteiger partial charge on any atom is 0.341 e. The Kier molecular flexibility index (Phi) is 4.07. The average Bonchev–Trinajstić information content (AvgIpc) is 3.00. The van der Waals surface area contributed by atoms with Crippen LogP contribution in [0.25, 0.3) is 0 Å². The van der Waals surface area contributed by atoms with Gasteiger partial charge in [0.1, 0.15) is 5.75 Å². The number of nitrogens with one attached hydrogen (secondary N) is 1. The lowest BCUT2D eigenvalue weighted by Crippen LogP contribution is -2.17. The van der Waals surface area contributed by atoms with Crippen molar-refractivity contribution in [3.63, 3.8) is 0 Å². The molecule has 2 atom stereocenters. The molecular formula is C15H17NO6. The summed E-state index contributed by atoms with van der Waals surface area (Å²) >= 11 is 0. The van der Waals surface area contributed by atoms with E-state index in [1.54, 1.807) is 32.0 Å². The van der Waals surface area contributed by atoms with E-state index in [1.807, 2.05) is 0 Å². The SMILES string of the molecule is CC1(C)[C@@H](C(=O)O)[C@@H]1C(=O)Nc1cccc(OCC(=O)O)c1. The minimum absolute atomic E-state index is 0.310. The lowest BCUT2D eigenvalue weighted by molar-refractivity contribution is -0.140. The predicted molar refractivity (Wildman–Crippen MR) is 76.6 cm³/mol. The monoisotopic (exact) mass is 307 g/mol. The quantitative estimate of drug-likeness (QED) is 0.733. The summed E-state index contributed by atoms with van der Waals surface area (Å²) < 4.78 is 5.02. The Morgan fingerprint density at radius 1 is 1.23 bits per heavy atom. The molecule has 118 valence electrons. The van der Waals surface area contributed by atoms with Crippen LogP contribution in [0.3, 0.4) is 0 Å². The molecule has 0 saturated heterocycles. The van der Waals surface area contributed by atoms with Gasteiger partial charge < -0.3 is 20.3 Å². The van der Waals surface area contributed by atoms with E-state index in [0.717, 1.165) is 0 Å². The third-order valence-corrected chi connectivity index (χ3v) is 3.84. The summed E-state index contributed by atoms with van der Waals surface area (Å²) in [5.41, 5.74) is -0.146. The number of hydrogen-bond acceptors (Lipinski definition) is 4. The highest BCUT2D eigenvalue weighted by molar-refractivity contribution is 5.99. The fourth-order valence-electron chi connectivity index (χ4n) is 2.62. The number of amides is 1. The van der Waals surface area contributed by atoms with E-state index in [9.17, 15) is 14.4 Å². The topological polar surface area (TPSA) is 113 Å². The smallest absolute Gasteiger partial charge is 0.341 e. The molecule has 7 nitrogen and oxygen atoms in total. The van der Waals surface area contributed by atoms with Crippen molar-refractivity contribution in [2.75, 3.05) is 11.9 Å². The normalized spacial score (nSPS) is 21.7. The first-order valence-electron chi connectivity index (χ1n) is 6.72. The van der Waals surface area contributed by atoms with Gasteiger partial charge >= 0.3 is 11.9 Å². The molecule has 0 aromatic heterocycles. The number of aliphatic carboxylic acids is 2. The molecule has 1 fully saturated rings. The van der Waals surface area contributed by atoms with Crippen molar-refractivity contribution in [1.82, 2.24) is 0 Å². The van der Waals surface area contributed by atoms with Crippen molar-refractivity contribution in [2.24, 2.45) is 17.3 Å². The number of carbonyl (C=O) groups is 3. The van der Waals surface area contributed by atoms with E-state index in [2.05, 4.69) is 5.32 Å². The fourth-order valence-corrected chi connectivity index (χ4v) is 2.62. The molecule has 0 radical (unpaired) electrons. The zero-order valence-corrected chi connectivity index (χ0v) is 12.2. The number of hydrogen-bond donors (Lipinski definition) is 3. The number of rotatable bonds is 6. The minimum Gasteiger partial charge on any atom is -0.482 e. The van der Waals surface area contributed by atoms with E-state index >= 15 is 0 Å². The molecule has 0 bridgehead atoms. The van der Waals surface area contributed by atoms with Crippen LogP contribution in [-0.4, -0.2) is 34.7 Å². The summed E-state index contributed by atoms with van der Waals surface area (Å²) in [6.07, 6.45) is 0. The van der Waals surface area contributed by atoms with Crippen molar-refractivity contribution in [3.05, 3.63) is 24.3 Å². The number of carboxylic acids is 2. The number of carboxylic acid groups (broad SMARTS) is 2. The standard InChI is InChI=1S/C15H17NO6/c1-15(2)11(12(15)14(20)21)13(19)16-8-4-3-5-9(6-8)22-7-10(17)18/h3-6,11-12H,7H2,1-2H3,(H,16,19)(H,17,18)(H,20,21)/t11-,12-/m1/s1. The zero-order valence-electron chi connectivity index (χ0n) is 12.2. The molecule has 0 spiro atoms. The first-order chi connectivity index (χ1) is 10.2. The highest BCUT2D eigenvalue weighted by atomic mass is 16.5. The molecule has 0 heterocycles. The molecule has 7 heteroatoms. The maximum atomic E-state index is 12.2. The van der Waals surface area contributed by atoms with Crippen molar-refractivity contribution in [1.29, 1.82) is 0 Å². The van der Waals surface area contributed by atoms with E-state index in [-0.39, 0.29) is 5.91 Å². The second kappa shape index (κ2) is 5.67. The van der Waals surface area contributed by atoms with Gasteiger partial charge in [0, 0.05) is 11.8 Å². The van der Waals surface area contributed by atoms with Crippen LogP contribution in [-0.2, 0) is 14.4 Å². The average molecular weight is 307 g/mol. The Hall–Kier alpha value is -2.57. The molecule has 1 saturated carbocycles. The van der Waals surface area contributed by atoms with Crippen LogP contribution in [0.1, 0.15) is 13.8 Å². The van der Waals surface area contributed by atoms with Crippen molar-refractivity contribution < 1.29 is 29.3 Å². The second-order valence-corrected chi connectivity index (χ2v) is 5.81. The number of anilines is 1. The summed E-state index contributed by atoms with van der Waals surface area (Å²) in [6, 6.07) is 6.29. The van der Waals surface area contributed by atoms with E-state index in [4.69, 9.17) is 14.9 Å². The Balaban J connectivity index is 2.02. The van der Waals surface area contributed by atoms with Crippen LogP contribution in [0.15, 0.2) is 24.3 Å². The van der Waals surface area contributed by atoms with Gasteiger partial charge in [-0.05, 0) is 17.5 Å². The summed E-state index contributed by atoms with van der Waals surface area (Å²) in [6.45, 7) is 3.00. The third-order valence-electron chi connectivity index (χ3n) is 3.84. The lowest BCUT2D eigenvalue weighted by Gasteiger charge is -2.08. The van der Waals surface area contributed by atoms with Crippen LogP contribution < -0.4 is 10.1 Å². The van der Waals surface area contributed by atoms with Gasteiger partial charge in [0.05, 0.1) is 11.8 Å². The molecule has 1 amide bonds. The van der Waals surface area contributed by atoms with Gasteiger partial charge in [-0.3, -0.25) is 9.59 Å². The first kappa shape index (κ1) is 15.8. The first-order valence-corrected chi connectivity index (χ1v) is 6.72. The van der Waals surface area contributed by atoms with Crippen LogP contribution in [0.4, 0.5) is 5.69 Å². The van der Waals surface area contributed by atoms with E-state index in [0.29, 0.717) is 11.4 Å². The molecule has 0 aliphatic heterocycles. The van der Waals surface area contributed by atoms with Crippen molar-refractivity contribution in [3.8, 4) is 5.75 Å². The summed E-state index contributed by atoms with van der Waals surface area (Å²) in [7, 11) is 0. The van der Waals surface area contributed by atoms with Gasteiger partial charge in [-0.1, -0.05) is 19.9 Å². The highest BCUT2D eigenvalue weighted by Crippen LogP contribution is 2.58. The second-order valence-electron chi connectivity index (χ2n) is 5.81.